The molecule has 0 radical (unpaired) electrons. The number of hydrogen-bond donors (Lipinski definition) is 0. The molecule has 1 atom stereocenters. The van der Waals surface area contributed by atoms with Crippen LogP contribution in [0.2, 0.25) is 0 Å². The molecule has 1 saturated heterocycles. The highest BCUT2D eigenvalue weighted by molar-refractivity contribution is 7.89. The quantitative estimate of drug-likeness (QED) is 0.603. The summed E-state index contributed by atoms with van der Waals surface area (Å²) in [5.41, 5.74) is 1.29. The Balaban J connectivity index is 1.53. The maximum Gasteiger partial charge on any atom is 0.246 e. The second-order valence-electron chi connectivity index (χ2n) is 8.35. The Kier molecular flexibility index (Phi) is 6.85. The maximum atomic E-state index is 13.5. The van der Waals surface area contributed by atoms with Gasteiger partial charge in [0.05, 0.1) is 4.90 Å². The van der Waals surface area contributed by atoms with E-state index in [-0.39, 0.29) is 23.1 Å². The van der Waals surface area contributed by atoms with E-state index in [9.17, 15) is 18.0 Å². The van der Waals surface area contributed by atoms with Gasteiger partial charge in [0.15, 0.2) is 0 Å². The third-order valence-corrected chi connectivity index (χ3v) is 8.48. The van der Waals surface area contributed by atoms with Crippen LogP contribution >= 0.6 is 0 Å². The third-order valence-electron chi connectivity index (χ3n) is 6.43. The first-order chi connectivity index (χ1) is 16.3. The summed E-state index contributed by atoms with van der Waals surface area (Å²) in [5, 5.41) is 0. The number of fused-ring (bicyclic) bond motifs is 1. The molecular formula is C23H30N6O4S. The monoisotopic (exact) mass is 486 g/mol. The van der Waals surface area contributed by atoms with E-state index in [4.69, 9.17) is 0 Å². The zero-order valence-corrected chi connectivity index (χ0v) is 20.5. The van der Waals surface area contributed by atoms with Crippen molar-refractivity contribution in [2.75, 3.05) is 49.1 Å². The summed E-state index contributed by atoms with van der Waals surface area (Å²) in [4.78, 5) is 40.0. The molecule has 182 valence electrons. The fraction of sp³-hybridized carbons (Fsp3) is 0.478. The van der Waals surface area contributed by atoms with Gasteiger partial charge in [0, 0.05) is 70.7 Å². The van der Waals surface area contributed by atoms with Crippen molar-refractivity contribution in [2.24, 2.45) is 0 Å². The van der Waals surface area contributed by atoms with Crippen LogP contribution in [0.15, 0.2) is 41.6 Å². The molecule has 4 rings (SSSR count). The van der Waals surface area contributed by atoms with E-state index in [1.54, 1.807) is 49.3 Å². The lowest BCUT2D eigenvalue weighted by molar-refractivity contribution is -0.134. The van der Waals surface area contributed by atoms with Crippen molar-refractivity contribution in [3.8, 4) is 0 Å². The van der Waals surface area contributed by atoms with Crippen molar-refractivity contribution in [3.05, 3.63) is 42.2 Å². The van der Waals surface area contributed by atoms with Crippen LogP contribution < -0.4 is 9.80 Å². The minimum absolute atomic E-state index is 0.131. The highest BCUT2D eigenvalue weighted by atomic mass is 32.2. The molecule has 1 aromatic heterocycles. The molecule has 0 aliphatic carbocycles. The predicted molar refractivity (Wildman–Crippen MR) is 128 cm³/mol. The summed E-state index contributed by atoms with van der Waals surface area (Å²) < 4.78 is 27.3. The van der Waals surface area contributed by atoms with Gasteiger partial charge in [0.1, 0.15) is 6.04 Å². The zero-order chi connectivity index (χ0) is 24.5. The Morgan fingerprint density at radius 2 is 1.71 bits per heavy atom. The SMILES string of the molecule is CCN(CC)S(=O)(=O)c1ccc2c(c1)CC(C(=O)N1CCN(c3ncccn3)CC1)N2C(C)=O. The van der Waals surface area contributed by atoms with Crippen LogP contribution in [0.3, 0.4) is 0 Å². The summed E-state index contributed by atoms with van der Waals surface area (Å²) in [7, 11) is -3.63. The Hall–Kier alpha value is -3.05. The number of anilines is 2. The van der Waals surface area contributed by atoms with Gasteiger partial charge >= 0.3 is 0 Å². The fourth-order valence-corrected chi connectivity index (χ4v) is 6.19. The van der Waals surface area contributed by atoms with Crippen LogP contribution in [0.1, 0.15) is 26.3 Å². The van der Waals surface area contributed by atoms with Gasteiger partial charge in [-0.3, -0.25) is 14.5 Å². The summed E-state index contributed by atoms with van der Waals surface area (Å²) in [6, 6.07) is 5.85. The van der Waals surface area contributed by atoms with Gasteiger partial charge in [-0.1, -0.05) is 13.8 Å². The van der Waals surface area contributed by atoms with E-state index < -0.39 is 16.1 Å². The standard InChI is InChI=1S/C23H30N6O4S/c1-4-28(5-2)34(32,33)19-7-8-20-18(15-19)16-21(29(20)17(3)30)22(31)26-11-13-27(14-12-26)23-24-9-6-10-25-23/h6-10,15,21H,4-5,11-14,16H2,1-3H3. The van der Waals surface area contributed by atoms with Crippen molar-refractivity contribution in [2.45, 2.75) is 38.1 Å². The molecule has 11 heteroatoms. The molecule has 2 aliphatic heterocycles. The number of benzene rings is 1. The summed E-state index contributed by atoms with van der Waals surface area (Å²) in [6.07, 6.45) is 3.67. The first kappa shape index (κ1) is 24.1. The van der Waals surface area contributed by atoms with E-state index in [1.807, 2.05) is 4.90 Å². The number of piperazine rings is 1. The molecule has 2 amide bonds. The number of aromatic nitrogens is 2. The van der Waals surface area contributed by atoms with E-state index in [0.29, 0.717) is 56.5 Å². The summed E-state index contributed by atoms with van der Waals surface area (Å²) in [5.74, 6) is 0.260. The van der Waals surface area contributed by atoms with Crippen LogP contribution in [-0.4, -0.2) is 84.7 Å². The average molecular weight is 487 g/mol. The van der Waals surface area contributed by atoms with Crippen molar-refractivity contribution < 1.29 is 18.0 Å². The second kappa shape index (κ2) is 9.67. The number of nitrogens with zero attached hydrogens (tertiary/aromatic N) is 6. The second-order valence-corrected chi connectivity index (χ2v) is 10.3. The van der Waals surface area contributed by atoms with Crippen molar-refractivity contribution in [3.63, 3.8) is 0 Å². The summed E-state index contributed by atoms with van der Waals surface area (Å²) >= 11 is 0. The topological polar surface area (TPSA) is 107 Å². The van der Waals surface area contributed by atoms with Crippen LogP contribution in [0.4, 0.5) is 11.6 Å². The molecule has 1 fully saturated rings. The maximum absolute atomic E-state index is 13.5. The van der Waals surface area contributed by atoms with Gasteiger partial charge in [-0.05, 0) is 29.8 Å². The van der Waals surface area contributed by atoms with Crippen LogP contribution in [0.25, 0.3) is 0 Å². The molecule has 10 nitrogen and oxygen atoms in total. The molecular weight excluding hydrogens is 456 g/mol. The molecule has 2 aromatic rings. The molecule has 1 unspecified atom stereocenters. The lowest BCUT2D eigenvalue weighted by Crippen LogP contribution is -2.55. The highest BCUT2D eigenvalue weighted by Gasteiger charge is 2.40. The van der Waals surface area contributed by atoms with Crippen LogP contribution in [0.5, 0.6) is 0 Å². The molecule has 1 aromatic carbocycles. The van der Waals surface area contributed by atoms with Gasteiger partial charge in [-0.25, -0.2) is 18.4 Å². The Bertz CT molecular complexity index is 1160. The normalized spacial score (nSPS) is 18.4. The number of carbonyl (C=O) groups is 2. The molecule has 0 N–H and O–H groups in total. The molecule has 34 heavy (non-hydrogen) atoms. The van der Waals surface area contributed by atoms with Gasteiger partial charge in [0.25, 0.3) is 0 Å². The van der Waals surface area contributed by atoms with Crippen LogP contribution in [-0.2, 0) is 26.0 Å². The van der Waals surface area contributed by atoms with E-state index in [2.05, 4.69) is 9.97 Å². The minimum atomic E-state index is -3.63. The van der Waals surface area contributed by atoms with Gasteiger partial charge in [-0.2, -0.15) is 4.31 Å². The predicted octanol–water partition coefficient (Wildman–Crippen LogP) is 1.13. The lowest BCUT2D eigenvalue weighted by Gasteiger charge is -2.37. The molecule has 3 heterocycles. The smallest absolute Gasteiger partial charge is 0.246 e. The highest BCUT2D eigenvalue weighted by Crippen LogP contribution is 2.35. The lowest BCUT2D eigenvalue weighted by atomic mass is 10.1. The summed E-state index contributed by atoms with van der Waals surface area (Å²) in [6.45, 7) is 7.96. The minimum Gasteiger partial charge on any atom is -0.337 e. The van der Waals surface area contributed by atoms with Gasteiger partial charge in [-0.15, -0.1) is 0 Å². The van der Waals surface area contributed by atoms with Gasteiger partial charge < -0.3 is 9.80 Å². The fourth-order valence-electron chi connectivity index (χ4n) is 4.68. The molecule has 0 bridgehead atoms. The average Bonchev–Trinajstić information content (AvgIpc) is 3.24. The third kappa shape index (κ3) is 4.37. The largest absolute Gasteiger partial charge is 0.337 e. The molecule has 0 spiro atoms. The number of carbonyl (C=O) groups excluding carboxylic acids is 2. The molecule has 0 saturated carbocycles. The van der Waals surface area contributed by atoms with Crippen molar-refractivity contribution >= 4 is 33.5 Å². The van der Waals surface area contributed by atoms with Gasteiger partial charge in [0.2, 0.25) is 27.8 Å². The Morgan fingerprint density at radius 3 is 2.29 bits per heavy atom. The van der Waals surface area contributed by atoms with Crippen LogP contribution in [0, 0.1) is 0 Å². The molecule has 2 aliphatic rings. The number of amides is 2. The Labute approximate surface area is 200 Å². The number of sulfonamides is 1. The number of rotatable bonds is 6. The van der Waals surface area contributed by atoms with E-state index >= 15 is 0 Å². The number of hydrogen-bond acceptors (Lipinski definition) is 7. The Morgan fingerprint density at radius 1 is 1.06 bits per heavy atom. The zero-order valence-electron chi connectivity index (χ0n) is 19.7. The first-order valence-corrected chi connectivity index (χ1v) is 13.0. The van der Waals surface area contributed by atoms with Crippen molar-refractivity contribution in [1.29, 1.82) is 0 Å². The van der Waals surface area contributed by atoms with E-state index in [1.165, 1.54) is 22.2 Å². The van der Waals surface area contributed by atoms with Crippen molar-refractivity contribution in [1.82, 2.24) is 19.2 Å². The van der Waals surface area contributed by atoms with E-state index in [0.717, 1.165) is 0 Å². The first-order valence-electron chi connectivity index (χ1n) is 11.5.